The molecule has 3 aromatic rings. The van der Waals surface area contributed by atoms with E-state index in [0.29, 0.717) is 35.7 Å². The Balaban J connectivity index is 1.55. The first-order valence-electron chi connectivity index (χ1n) is 10.9. The van der Waals surface area contributed by atoms with E-state index in [-0.39, 0.29) is 17.7 Å². The molecule has 6 heteroatoms. The van der Waals surface area contributed by atoms with Crippen molar-refractivity contribution in [2.24, 2.45) is 0 Å². The first kappa shape index (κ1) is 20.7. The van der Waals surface area contributed by atoms with Crippen molar-refractivity contribution >= 4 is 34.7 Å². The van der Waals surface area contributed by atoms with Crippen LogP contribution in [-0.2, 0) is 27.3 Å². The summed E-state index contributed by atoms with van der Waals surface area (Å²) in [6.07, 6.45) is 0.814. The Hall–Kier alpha value is -4.19. The molecule has 3 amide bonds. The van der Waals surface area contributed by atoms with Crippen LogP contribution in [0.4, 0.5) is 11.4 Å². The van der Waals surface area contributed by atoms with Gasteiger partial charge >= 0.3 is 0 Å². The van der Waals surface area contributed by atoms with Gasteiger partial charge < -0.3 is 10.2 Å². The minimum atomic E-state index is -0.340. The van der Waals surface area contributed by atoms with E-state index in [1.165, 1.54) is 23.0 Å². The van der Waals surface area contributed by atoms with Gasteiger partial charge in [-0.15, -0.1) is 0 Å². The van der Waals surface area contributed by atoms with Crippen molar-refractivity contribution in [3.8, 4) is 0 Å². The lowest BCUT2D eigenvalue weighted by molar-refractivity contribution is -0.121. The van der Waals surface area contributed by atoms with Gasteiger partial charge in [0.25, 0.3) is 11.8 Å². The fraction of sp³-hybridized carbons (Fsp3) is 0.148. The summed E-state index contributed by atoms with van der Waals surface area (Å²) in [6.45, 7) is 2.67. The van der Waals surface area contributed by atoms with Crippen molar-refractivity contribution in [3.05, 3.63) is 101 Å². The van der Waals surface area contributed by atoms with Gasteiger partial charge in [-0.3, -0.25) is 14.4 Å². The van der Waals surface area contributed by atoms with E-state index < -0.39 is 0 Å². The zero-order chi connectivity index (χ0) is 22.9. The molecule has 5 rings (SSSR count). The number of benzene rings is 3. The van der Waals surface area contributed by atoms with Crippen LogP contribution < -0.4 is 10.2 Å². The van der Waals surface area contributed by atoms with Crippen molar-refractivity contribution in [2.75, 3.05) is 16.8 Å². The van der Waals surface area contributed by atoms with E-state index in [1.807, 2.05) is 47.4 Å². The van der Waals surface area contributed by atoms with Gasteiger partial charge in [0.2, 0.25) is 5.91 Å². The first-order chi connectivity index (χ1) is 16.0. The summed E-state index contributed by atoms with van der Waals surface area (Å²) in [5.41, 5.74) is 5.11. The highest BCUT2D eigenvalue weighted by molar-refractivity contribution is 6.45. The predicted molar refractivity (Wildman–Crippen MR) is 127 cm³/mol. The molecule has 0 radical (unpaired) electrons. The average Bonchev–Trinajstić information content (AvgIpc) is 3.09. The summed E-state index contributed by atoms with van der Waals surface area (Å²) in [4.78, 5) is 41.9. The second-order valence-corrected chi connectivity index (χ2v) is 8.20. The molecule has 0 aromatic heterocycles. The number of anilines is 2. The fourth-order valence-electron chi connectivity index (χ4n) is 4.49. The lowest BCUT2D eigenvalue weighted by atomic mass is 9.98. The monoisotopic (exact) mass is 437 g/mol. The maximum Gasteiger partial charge on any atom is 0.282 e. The van der Waals surface area contributed by atoms with Crippen molar-refractivity contribution in [1.29, 1.82) is 0 Å². The molecule has 1 N–H and O–H groups in total. The van der Waals surface area contributed by atoms with E-state index in [1.54, 1.807) is 24.3 Å². The highest BCUT2D eigenvalue weighted by Gasteiger charge is 2.43. The quantitative estimate of drug-likeness (QED) is 0.627. The number of hydrogen-bond donors (Lipinski definition) is 1. The standard InChI is InChI=1S/C27H23N3O3/c1-18(31)28-22-11-13-23(14-12-22)30-26(32)24(20-8-3-2-4-9-20)25(27(30)33)29-16-15-19-7-5-6-10-21(19)17-29/h2-14H,15-17H2,1H3,(H,28,31). The van der Waals surface area contributed by atoms with E-state index in [4.69, 9.17) is 0 Å². The molecule has 0 saturated heterocycles. The molecular formula is C27H23N3O3. The molecule has 0 unspecified atom stereocenters. The Morgan fingerprint density at radius 1 is 0.818 bits per heavy atom. The molecule has 0 bridgehead atoms. The topological polar surface area (TPSA) is 69.7 Å². The molecule has 0 saturated carbocycles. The summed E-state index contributed by atoms with van der Waals surface area (Å²) in [5, 5.41) is 2.70. The highest BCUT2D eigenvalue weighted by Crippen LogP contribution is 2.37. The number of imide groups is 1. The van der Waals surface area contributed by atoms with Crippen LogP contribution in [0.15, 0.2) is 84.6 Å². The first-order valence-corrected chi connectivity index (χ1v) is 10.9. The van der Waals surface area contributed by atoms with Crippen LogP contribution in [0.25, 0.3) is 5.57 Å². The van der Waals surface area contributed by atoms with Crippen LogP contribution in [-0.4, -0.2) is 29.2 Å². The predicted octanol–water partition coefficient (Wildman–Crippen LogP) is 3.99. The Labute approximate surface area is 192 Å². The third-order valence-corrected chi connectivity index (χ3v) is 6.01. The Morgan fingerprint density at radius 2 is 1.48 bits per heavy atom. The van der Waals surface area contributed by atoms with E-state index >= 15 is 0 Å². The number of carbonyl (C=O) groups is 3. The van der Waals surface area contributed by atoms with Gasteiger partial charge in [0.1, 0.15) is 5.70 Å². The van der Waals surface area contributed by atoms with Crippen molar-refractivity contribution in [1.82, 2.24) is 4.90 Å². The molecule has 0 atom stereocenters. The number of hydrogen-bond acceptors (Lipinski definition) is 4. The van der Waals surface area contributed by atoms with Gasteiger partial charge in [-0.05, 0) is 47.4 Å². The van der Waals surface area contributed by atoms with Crippen LogP contribution >= 0.6 is 0 Å². The number of fused-ring (bicyclic) bond motifs is 1. The third kappa shape index (κ3) is 3.80. The second-order valence-electron chi connectivity index (χ2n) is 8.20. The fourth-order valence-corrected chi connectivity index (χ4v) is 4.49. The molecular weight excluding hydrogens is 414 g/mol. The van der Waals surface area contributed by atoms with Crippen LogP contribution in [0.3, 0.4) is 0 Å². The third-order valence-electron chi connectivity index (χ3n) is 6.01. The minimum absolute atomic E-state index is 0.184. The summed E-state index contributed by atoms with van der Waals surface area (Å²) in [7, 11) is 0. The number of carbonyl (C=O) groups excluding carboxylic acids is 3. The molecule has 2 heterocycles. The number of nitrogens with one attached hydrogen (secondary N) is 1. The van der Waals surface area contributed by atoms with Gasteiger partial charge in [-0.1, -0.05) is 54.6 Å². The number of amides is 3. The molecule has 0 aliphatic carbocycles. The van der Waals surface area contributed by atoms with Gasteiger partial charge in [0, 0.05) is 25.7 Å². The zero-order valence-electron chi connectivity index (χ0n) is 18.2. The van der Waals surface area contributed by atoms with Crippen LogP contribution in [0.1, 0.15) is 23.6 Å². The lowest BCUT2D eigenvalue weighted by Crippen LogP contribution is -2.37. The minimum Gasteiger partial charge on any atom is -0.362 e. The molecule has 2 aliphatic heterocycles. The van der Waals surface area contributed by atoms with Crippen molar-refractivity contribution in [2.45, 2.75) is 19.9 Å². The Kier molecular flexibility index (Phi) is 5.26. The van der Waals surface area contributed by atoms with Gasteiger partial charge in [-0.2, -0.15) is 0 Å². The van der Waals surface area contributed by atoms with Crippen LogP contribution in [0, 0.1) is 0 Å². The average molecular weight is 437 g/mol. The van der Waals surface area contributed by atoms with Crippen molar-refractivity contribution in [3.63, 3.8) is 0 Å². The van der Waals surface area contributed by atoms with Crippen molar-refractivity contribution < 1.29 is 14.4 Å². The van der Waals surface area contributed by atoms with E-state index in [9.17, 15) is 14.4 Å². The van der Waals surface area contributed by atoms with E-state index in [2.05, 4.69) is 17.4 Å². The normalized spacial score (nSPS) is 15.7. The maximum atomic E-state index is 13.7. The molecule has 0 fully saturated rings. The zero-order valence-corrected chi connectivity index (χ0v) is 18.2. The highest BCUT2D eigenvalue weighted by atomic mass is 16.2. The molecule has 164 valence electrons. The van der Waals surface area contributed by atoms with Gasteiger partial charge in [-0.25, -0.2) is 4.90 Å². The Morgan fingerprint density at radius 3 is 2.18 bits per heavy atom. The summed E-state index contributed by atoms with van der Waals surface area (Å²) < 4.78 is 0. The molecule has 33 heavy (non-hydrogen) atoms. The van der Waals surface area contributed by atoms with Crippen LogP contribution in [0.2, 0.25) is 0 Å². The molecule has 6 nitrogen and oxygen atoms in total. The number of nitrogens with zero attached hydrogens (tertiary/aromatic N) is 2. The number of rotatable bonds is 4. The second kappa shape index (κ2) is 8.39. The summed E-state index contributed by atoms with van der Waals surface area (Å²) in [6, 6.07) is 24.3. The largest absolute Gasteiger partial charge is 0.362 e. The van der Waals surface area contributed by atoms with E-state index in [0.717, 1.165) is 12.0 Å². The van der Waals surface area contributed by atoms with Gasteiger partial charge in [0.15, 0.2) is 0 Å². The summed E-state index contributed by atoms with van der Waals surface area (Å²) >= 11 is 0. The smallest absolute Gasteiger partial charge is 0.282 e. The summed E-state index contributed by atoms with van der Waals surface area (Å²) in [5.74, 6) is -0.852. The lowest BCUT2D eigenvalue weighted by Gasteiger charge is -2.31. The molecule has 2 aliphatic rings. The molecule has 3 aromatic carbocycles. The Bertz CT molecular complexity index is 1280. The van der Waals surface area contributed by atoms with Crippen LogP contribution in [0.5, 0.6) is 0 Å². The SMILES string of the molecule is CC(=O)Nc1ccc(N2C(=O)C(c3ccccc3)=C(N3CCc4ccccc4C3)C2=O)cc1. The molecule has 0 spiro atoms. The maximum absolute atomic E-state index is 13.7. The van der Waals surface area contributed by atoms with Gasteiger partial charge in [0.05, 0.1) is 11.3 Å².